The van der Waals surface area contributed by atoms with E-state index in [2.05, 4.69) is 27.3 Å². The Morgan fingerprint density at radius 2 is 1.43 bits per heavy atom. The summed E-state index contributed by atoms with van der Waals surface area (Å²) in [5, 5.41) is 7.64. The summed E-state index contributed by atoms with van der Waals surface area (Å²) in [4.78, 5) is 31.9. The molecule has 1 aliphatic rings. The lowest BCUT2D eigenvalue weighted by Gasteiger charge is -2.34. The van der Waals surface area contributed by atoms with Crippen LogP contribution >= 0.6 is 0 Å². The van der Waals surface area contributed by atoms with Gasteiger partial charge in [-0.05, 0) is 43.8 Å². The summed E-state index contributed by atoms with van der Waals surface area (Å²) in [6.07, 6.45) is 0. The number of hydrogen-bond donors (Lipinski definition) is 1. The van der Waals surface area contributed by atoms with Crippen LogP contribution in [-0.4, -0.2) is 53.8 Å². The second-order valence-electron chi connectivity index (χ2n) is 9.24. The molecule has 5 rings (SSSR count). The van der Waals surface area contributed by atoms with Crippen molar-refractivity contribution in [3.05, 3.63) is 101 Å². The Balaban J connectivity index is 1.54. The molecule has 0 bridgehead atoms. The molecule has 0 spiro atoms. The van der Waals surface area contributed by atoms with Crippen LogP contribution in [0.1, 0.15) is 17.3 Å². The van der Waals surface area contributed by atoms with Crippen molar-refractivity contribution in [1.82, 2.24) is 14.7 Å². The first-order valence-electron chi connectivity index (χ1n) is 12.7. The van der Waals surface area contributed by atoms with Crippen molar-refractivity contribution in [1.29, 1.82) is 0 Å². The standard InChI is InChI=1S/C30H31N5O2/c1-3-35-30(37)27(26(22-10-6-4-7-11-22)28(32-35)23-12-8-5-9-13-23)29(36)31-24-14-16-25(17-15-24)34-20-18-33(2)19-21-34/h4-17H,3,18-21H2,1-2H3,(H,31,36). The van der Waals surface area contributed by atoms with E-state index in [1.165, 1.54) is 4.68 Å². The maximum Gasteiger partial charge on any atom is 0.280 e. The van der Waals surface area contributed by atoms with Crippen molar-refractivity contribution in [2.75, 3.05) is 43.4 Å². The molecule has 0 saturated carbocycles. The maximum absolute atomic E-state index is 13.7. The van der Waals surface area contributed by atoms with Crippen molar-refractivity contribution >= 4 is 17.3 Å². The number of carbonyl (C=O) groups excluding carboxylic acids is 1. The van der Waals surface area contributed by atoms with E-state index in [9.17, 15) is 9.59 Å². The fourth-order valence-electron chi connectivity index (χ4n) is 4.69. The van der Waals surface area contributed by atoms with Gasteiger partial charge in [0.05, 0.1) is 5.69 Å². The number of rotatable bonds is 6. The van der Waals surface area contributed by atoms with E-state index in [-0.39, 0.29) is 5.56 Å². The number of hydrogen-bond acceptors (Lipinski definition) is 5. The number of piperazine rings is 1. The summed E-state index contributed by atoms with van der Waals surface area (Å²) in [5.41, 5.74) is 4.19. The zero-order valence-corrected chi connectivity index (χ0v) is 21.2. The third-order valence-corrected chi connectivity index (χ3v) is 6.79. The molecule has 7 heteroatoms. The predicted octanol–water partition coefficient (Wildman–Crippen LogP) is 4.60. The monoisotopic (exact) mass is 493 g/mol. The van der Waals surface area contributed by atoms with E-state index < -0.39 is 11.5 Å². The predicted molar refractivity (Wildman–Crippen MR) is 149 cm³/mol. The Labute approximate surface area is 217 Å². The second-order valence-corrected chi connectivity index (χ2v) is 9.24. The van der Waals surface area contributed by atoms with Crippen LogP contribution in [0.2, 0.25) is 0 Å². The van der Waals surface area contributed by atoms with Crippen molar-refractivity contribution < 1.29 is 4.79 Å². The molecule has 0 aliphatic carbocycles. The number of aryl methyl sites for hydroxylation is 1. The van der Waals surface area contributed by atoms with Crippen LogP contribution in [-0.2, 0) is 6.54 Å². The molecule has 0 unspecified atom stereocenters. The molecule has 1 fully saturated rings. The average molecular weight is 494 g/mol. The van der Waals surface area contributed by atoms with Gasteiger partial charge in [0, 0.05) is 55.2 Å². The number of nitrogens with one attached hydrogen (secondary N) is 1. The number of anilines is 2. The van der Waals surface area contributed by atoms with Crippen LogP contribution in [0.3, 0.4) is 0 Å². The van der Waals surface area contributed by atoms with Gasteiger partial charge in [0.2, 0.25) is 0 Å². The average Bonchev–Trinajstić information content (AvgIpc) is 2.94. The molecule has 37 heavy (non-hydrogen) atoms. The largest absolute Gasteiger partial charge is 0.369 e. The number of likely N-dealkylation sites (N-methyl/N-ethyl adjacent to an activating group) is 1. The lowest BCUT2D eigenvalue weighted by molar-refractivity contribution is 0.102. The van der Waals surface area contributed by atoms with E-state index in [1.807, 2.05) is 91.9 Å². The zero-order valence-electron chi connectivity index (χ0n) is 21.2. The van der Waals surface area contributed by atoms with E-state index in [4.69, 9.17) is 0 Å². The highest BCUT2D eigenvalue weighted by Gasteiger charge is 2.25. The third kappa shape index (κ3) is 5.17. The molecule has 0 atom stereocenters. The zero-order chi connectivity index (χ0) is 25.8. The molecule has 0 radical (unpaired) electrons. The number of amides is 1. The van der Waals surface area contributed by atoms with Gasteiger partial charge >= 0.3 is 0 Å². The molecule has 1 aromatic heterocycles. The van der Waals surface area contributed by atoms with Gasteiger partial charge < -0.3 is 15.1 Å². The van der Waals surface area contributed by atoms with E-state index in [0.717, 1.165) is 43.0 Å². The molecule has 3 aromatic carbocycles. The highest BCUT2D eigenvalue weighted by Crippen LogP contribution is 2.32. The van der Waals surface area contributed by atoms with Crippen molar-refractivity contribution in [2.45, 2.75) is 13.5 Å². The van der Waals surface area contributed by atoms with Crippen LogP contribution in [0.4, 0.5) is 11.4 Å². The topological polar surface area (TPSA) is 70.5 Å². The number of nitrogens with zero attached hydrogens (tertiary/aromatic N) is 4. The molecule has 188 valence electrons. The Morgan fingerprint density at radius 1 is 0.838 bits per heavy atom. The summed E-state index contributed by atoms with van der Waals surface area (Å²) in [6.45, 7) is 6.20. The quantitative estimate of drug-likeness (QED) is 0.425. The molecular formula is C30H31N5O2. The van der Waals surface area contributed by atoms with Crippen molar-refractivity contribution in [3.8, 4) is 22.4 Å². The van der Waals surface area contributed by atoms with Gasteiger partial charge in [0.25, 0.3) is 11.5 Å². The maximum atomic E-state index is 13.7. The smallest absolute Gasteiger partial charge is 0.280 e. The molecule has 2 heterocycles. The van der Waals surface area contributed by atoms with Gasteiger partial charge in [-0.15, -0.1) is 0 Å². The van der Waals surface area contributed by atoms with E-state index >= 15 is 0 Å². The Bertz CT molecular complexity index is 1430. The molecule has 1 saturated heterocycles. The van der Waals surface area contributed by atoms with Gasteiger partial charge in [-0.25, -0.2) is 4.68 Å². The van der Waals surface area contributed by atoms with Crippen molar-refractivity contribution in [2.24, 2.45) is 0 Å². The summed E-state index contributed by atoms with van der Waals surface area (Å²) in [7, 11) is 2.13. The first-order chi connectivity index (χ1) is 18.0. The van der Waals surface area contributed by atoms with Crippen LogP contribution in [0.15, 0.2) is 89.7 Å². The third-order valence-electron chi connectivity index (χ3n) is 6.79. The Morgan fingerprint density at radius 3 is 2.03 bits per heavy atom. The van der Waals surface area contributed by atoms with E-state index in [1.54, 1.807) is 0 Å². The fourth-order valence-corrected chi connectivity index (χ4v) is 4.69. The highest BCUT2D eigenvalue weighted by molar-refractivity contribution is 6.10. The number of aromatic nitrogens is 2. The van der Waals surface area contributed by atoms with E-state index in [0.29, 0.717) is 23.5 Å². The molecule has 1 aliphatic heterocycles. The molecule has 7 nitrogen and oxygen atoms in total. The summed E-state index contributed by atoms with van der Waals surface area (Å²) in [6, 6.07) is 27.0. The summed E-state index contributed by atoms with van der Waals surface area (Å²) < 4.78 is 1.36. The highest BCUT2D eigenvalue weighted by atomic mass is 16.2. The number of carbonyl (C=O) groups is 1. The Hall–Kier alpha value is -4.23. The van der Waals surface area contributed by atoms with Crippen LogP contribution in [0, 0.1) is 0 Å². The molecule has 1 amide bonds. The molecule has 4 aromatic rings. The molecular weight excluding hydrogens is 462 g/mol. The van der Waals surface area contributed by atoms with Gasteiger partial charge in [-0.1, -0.05) is 60.7 Å². The minimum absolute atomic E-state index is 0.0880. The second kappa shape index (κ2) is 10.8. The Kier molecular flexibility index (Phi) is 7.14. The normalized spacial score (nSPS) is 13.9. The van der Waals surface area contributed by atoms with Gasteiger partial charge in [0.15, 0.2) is 0 Å². The van der Waals surface area contributed by atoms with Crippen LogP contribution in [0.5, 0.6) is 0 Å². The lowest BCUT2D eigenvalue weighted by atomic mass is 9.95. The minimum Gasteiger partial charge on any atom is -0.369 e. The van der Waals surface area contributed by atoms with Gasteiger partial charge in [0.1, 0.15) is 5.56 Å². The summed E-state index contributed by atoms with van der Waals surface area (Å²) >= 11 is 0. The van der Waals surface area contributed by atoms with Crippen molar-refractivity contribution in [3.63, 3.8) is 0 Å². The summed E-state index contributed by atoms with van der Waals surface area (Å²) in [5.74, 6) is -0.446. The first kappa shape index (κ1) is 24.5. The first-order valence-corrected chi connectivity index (χ1v) is 12.7. The number of benzene rings is 3. The van der Waals surface area contributed by atoms with Crippen LogP contribution < -0.4 is 15.8 Å². The fraction of sp³-hybridized carbons (Fsp3) is 0.233. The van der Waals surface area contributed by atoms with Crippen LogP contribution in [0.25, 0.3) is 22.4 Å². The minimum atomic E-state index is -0.446. The SMILES string of the molecule is CCn1nc(-c2ccccc2)c(-c2ccccc2)c(C(=O)Nc2ccc(N3CCN(C)CC3)cc2)c1=O. The van der Waals surface area contributed by atoms with Gasteiger partial charge in [-0.2, -0.15) is 5.10 Å². The van der Waals surface area contributed by atoms with Gasteiger partial charge in [-0.3, -0.25) is 9.59 Å². The lowest BCUT2D eigenvalue weighted by Crippen LogP contribution is -2.44. The molecule has 1 N–H and O–H groups in total.